The van der Waals surface area contributed by atoms with Crippen molar-refractivity contribution < 1.29 is 0 Å². The van der Waals surface area contributed by atoms with E-state index in [9.17, 15) is 0 Å². The van der Waals surface area contributed by atoms with Gasteiger partial charge in [0.05, 0.1) is 5.69 Å². The summed E-state index contributed by atoms with van der Waals surface area (Å²) in [5.41, 5.74) is 3.80. The van der Waals surface area contributed by atoms with E-state index in [0.717, 1.165) is 13.1 Å². The fourth-order valence-corrected chi connectivity index (χ4v) is 1.50. The highest BCUT2D eigenvalue weighted by molar-refractivity contribution is 5.27. The Kier molecular flexibility index (Phi) is 1.85. The lowest BCUT2D eigenvalue weighted by atomic mass is 10.1. The Morgan fingerprint density at radius 3 is 2.92 bits per heavy atom. The summed E-state index contributed by atoms with van der Waals surface area (Å²) in [6.45, 7) is 6.28. The molecule has 0 spiro atoms. The molecule has 1 aromatic heterocycles. The van der Waals surface area contributed by atoms with E-state index >= 15 is 0 Å². The first kappa shape index (κ1) is 7.74. The van der Waals surface area contributed by atoms with Crippen molar-refractivity contribution in [2.75, 3.05) is 0 Å². The Balaban J connectivity index is 2.39. The van der Waals surface area contributed by atoms with Crippen molar-refractivity contribution in [2.45, 2.75) is 32.9 Å². The molecule has 0 bridgehead atoms. The summed E-state index contributed by atoms with van der Waals surface area (Å²) >= 11 is 0. The molecule has 2 heteroatoms. The van der Waals surface area contributed by atoms with Crippen molar-refractivity contribution in [3.8, 4) is 0 Å². The number of hydrogen-bond donors (Lipinski definition) is 1. The number of fused-ring (bicyclic) bond motifs is 1. The van der Waals surface area contributed by atoms with Crippen molar-refractivity contribution in [2.24, 2.45) is 0 Å². The Hall–Kier alpha value is -0.890. The van der Waals surface area contributed by atoms with Gasteiger partial charge in [-0.25, -0.2) is 0 Å². The van der Waals surface area contributed by atoms with E-state index in [0.29, 0.717) is 5.92 Å². The third kappa shape index (κ3) is 1.23. The second kappa shape index (κ2) is 2.87. The number of hydrogen-bond acceptors (Lipinski definition) is 2. The van der Waals surface area contributed by atoms with Crippen LogP contribution in [0.1, 0.15) is 36.7 Å². The first-order valence-corrected chi connectivity index (χ1v) is 4.47. The van der Waals surface area contributed by atoms with Crippen LogP contribution in [0.5, 0.6) is 0 Å². The molecule has 12 heavy (non-hydrogen) atoms. The minimum atomic E-state index is 0.538. The fourth-order valence-electron chi connectivity index (χ4n) is 1.50. The monoisotopic (exact) mass is 162 g/mol. The maximum absolute atomic E-state index is 4.59. The zero-order chi connectivity index (χ0) is 8.55. The molecule has 0 aromatic carbocycles. The SMILES string of the molecule is CC(C)c1ccc2c(n1)CNC2. The van der Waals surface area contributed by atoms with Gasteiger partial charge in [-0.3, -0.25) is 4.98 Å². The van der Waals surface area contributed by atoms with Gasteiger partial charge in [0.15, 0.2) is 0 Å². The Labute approximate surface area is 73.0 Å². The highest BCUT2D eigenvalue weighted by atomic mass is 14.9. The smallest absolute Gasteiger partial charge is 0.0590 e. The molecule has 0 unspecified atom stereocenters. The van der Waals surface area contributed by atoms with Crippen molar-refractivity contribution in [3.05, 3.63) is 29.1 Å². The van der Waals surface area contributed by atoms with Crippen molar-refractivity contribution in [1.82, 2.24) is 10.3 Å². The molecule has 0 saturated carbocycles. The zero-order valence-electron chi connectivity index (χ0n) is 7.59. The number of rotatable bonds is 1. The van der Waals surface area contributed by atoms with Crippen molar-refractivity contribution >= 4 is 0 Å². The lowest BCUT2D eigenvalue weighted by Gasteiger charge is -2.05. The molecule has 0 saturated heterocycles. The average molecular weight is 162 g/mol. The first-order valence-electron chi connectivity index (χ1n) is 4.47. The van der Waals surface area contributed by atoms with Crippen molar-refractivity contribution in [1.29, 1.82) is 0 Å². The third-order valence-electron chi connectivity index (χ3n) is 2.29. The summed E-state index contributed by atoms with van der Waals surface area (Å²) in [5, 5.41) is 3.29. The van der Waals surface area contributed by atoms with Crippen molar-refractivity contribution in [3.63, 3.8) is 0 Å². The van der Waals surface area contributed by atoms with Crippen LogP contribution in [-0.4, -0.2) is 4.98 Å². The lowest BCUT2D eigenvalue weighted by Crippen LogP contribution is -2.01. The standard InChI is InChI=1S/C10H14N2/c1-7(2)9-4-3-8-5-11-6-10(8)12-9/h3-4,7,11H,5-6H2,1-2H3. The molecule has 2 nitrogen and oxygen atoms in total. The second-order valence-electron chi connectivity index (χ2n) is 3.60. The molecule has 0 radical (unpaired) electrons. The van der Waals surface area contributed by atoms with Crippen LogP contribution in [0.4, 0.5) is 0 Å². The molecular weight excluding hydrogens is 148 g/mol. The van der Waals surface area contributed by atoms with Gasteiger partial charge in [0.2, 0.25) is 0 Å². The second-order valence-corrected chi connectivity index (χ2v) is 3.60. The Bertz CT molecular complexity index is 292. The van der Waals surface area contributed by atoms with E-state index in [1.54, 1.807) is 0 Å². The maximum Gasteiger partial charge on any atom is 0.0590 e. The summed E-state index contributed by atoms with van der Waals surface area (Å²) in [5.74, 6) is 0.538. The van der Waals surface area contributed by atoms with Crippen LogP contribution in [0.3, 0.4) is 0 Å². The van der Waals surface area contributed by atoms with Crippen LogP contribution >= 0.6 is 0 Å². The molecule has 1 aliphatic rings. The van der Waals surface area contributed by atoms with E-state index < -0.39 is 0 Å². The molecule has 1 aliphatic heterocycles. The van der Waals surface area contributed by atoms with Gasteiger partial charge in [0.25, 0.3) is 0 Å². The van der Waals surface area contributed by atoms with Crippen LogP contribution < -0.4 is 5.32 Å². The van der Waals surface area contributed by atoms with Gasteiger partial charge in [0, 0.05) is 18.8 Å². The maximum atomic E-state index is 4.59. The summed E-state index contributed by atoms with van der Waals surface area (Å²) in [4.78, 5) is 4.59. The molecule has 2 rings (SSSR count). The minimum Gasteiger partial charge on any atom is -0.307 e. The third-order valence-corrected chi connectivity index (χ3v) is 2.29. The lowest BCUT2D eigenvalue weighted by molar-refractivity contribution is 0.750. The van der Waals surface area contributed by atoms with Crippen LogP contribution in [0.2, 0.25) is 0 Å². The minimum absolute atomic E-state index is 0.538. The van der Waals surface area contributed by atoms with E-state index in [-0.39, 0.29) is 0 Å². The fraction of sp³-hybridized carbons (Fsp3) is 0.500. The van der Waals surface area contributed by atoms with Gasteiger partial charge in [0.1, 0.15) is 0 Å². The van der Waals surface area contributed by atoms with Gasteiger partial charge < -0.3 is 5.32 Å². The molecule has 0 fully saturated rings. The summed E-state index contributed by atoms with van der Waals surface area (Å²) in [6, 6.07) is 4.33. The number of pyridine rings is 1. The topological polar surface area (TPSA) is 24.9 Å². The van der Waals surface area contributed by atoms with Gasteiger partial charge in [-0.2, -0.15) is 0 Å². The molecular formula is C10H14N2. The van der Waals surface area contributed by atoms with E-state index in [1.807, 2.05) is 0 Å². The molecule has 2 heterocycles. The number of nitrogens with one attached hydrogen (secondary N) is 1. The van der Waals surface area contributed by atoms with Gasteiger partial charge in [-0.15, -0.1) is 0 Å². The summed E-state index contributed by atoms with van der Waals surface area (Å²) < 4.78 is 0. The van der Waals surface area contributed by atoms with Crippen LogP contribution in [0, 0.1) is 0 Å². The summed E-state index contributed by atoms with van der Waals surface area (Å²) in [6.07, 6.45) is 0. The van der Waals surface area contributed by atoms with Gasteiger partial charge >= 0.3 is 0 Å². The Morgan fingerprint density at radius 2 is 2.17 bits per heavy atom. The zero-order valence-corrected chi connectivity index (χ0v) is 7.59. The van der Waals surface area contributed by atoms with Gasteiger partial charge in [-0.1, -0.05) is 19.9 Å². The quantitative estimate of drug-likeness (QED) is 0.681. The number of nitrogens with zero attached hydrogens (tertiary/aromatic N) is 1. The van der Waals surface area contributed by atoms with Crippen LogP contribution in [0.15, 0.2) is 12.1 Å². The van der Waals surface area contributed by atoms with E-state index in [4.69, 9.17) is 0 Å². The highest BCUT2D eigenvalue weighted by Crippen LogP contribution is 2.17. The highest BCUT2D eigenvalue weighted by Gasteiger charge is 2.12. The largest absolute Gasteiger partial charge is 0.307 e. The predicted molar refractivity (Wildman–Crippen MR) is 48.9 cm³/mol. The molecule has 0 amide bonds. The molecule has 64 valence electrons. The molecule has 0 atom stereocenters. The number of aromatic nitrogens is 1. The molecule has 0 aliphatic carbocycles. The molecule has 1 aromatic rings. The summed E-state index contributed by atoms with van der Waals surface area (Å²) in [7, 11) is 0. The average Bonchev–Trinajstić information content (AvgIpc) is 2.49. The van der Waals surface area contributed by atoms with Crippen LogP contribution in [-0.2, 0) is 13.1 Å². The predicted octanol–water partition coefficient (Wildman–Crippen LogP) is 1.81. The Morgan fingerprint density at radius 1 is 1.33 bits per heavy atom. The first-order chi connectivity index (χ1) is 5.77. The van der Waals surface area contributed by atoms with Crippen LogP contribution in [0.25, 0.3) is 0 Å². The van der Waals surface area contributed by atoms with E-state index in [1.165, 1.54) is 17.0 Å². The normalized spacial score (nSPS) is 15.2. The van der Waals surface area contributed by atoms with Gasteiger partial charge in [-0.05, 0) is 17.5 Å². The van der Waals surface area contributed by atoms with E-state index in [2.05, 4.69) is 36.3 Å². The molecule has 1 N–H and O–H groups in total.